The maximum Gasteiger partial charge on any atom is 0.124 e. The van der Waals surface area contributed by atoms with Crippen molar-refractivity contribution in [1.29, 1.82) is 5.26 Å². The second-order valence-corrected chi connectivity index (χ2v) is 5.76. The molecule has 0 saturated carbocycles. The van der Waals surface area contributed by atoms with E-state index in [0.717, 1.165) is 22.8 Å². The third-order valence-corrected chi connectivity index (χ3v) is 3.64. The van der Waals surface area contributed by atoms with Gasteiger partial charge in [0.05, 0.1) is 11.8 Å². The molecule has 0 saturated heterocycles. The lowest BCUT2D eigenvalue weighted by molar-refractivity contribution is 0.565. The van der Waals surface area contributed by atoms with Gasteiger partial charge in [-0.3, -0.25) is 0 Å². The summed E-state index contributed by atoms with van der Waals surface area (Å²) in [4.78, 5) is 7.97. The minimum absolute atomic E-state index is 0.187. The van der Waals surface area contributed by atoms with Crippen LogP contribution < -0.4 is 0 Å². The summed E-state index contributed by atoms with van der Waals surface area (Å²) in [6.07, 6.45) is 0. The molecule has 3 heteroatoms. The third kappa shape index (κ3) is 2.60. The predicted molar refractivity (Wildman–Crippen MR) is 81.4 cm³/mol. The fourth-order valence-electron chi connectivity index (χ4n) is 2.50. The molecule has 1 N–H and O–H groups in total. The molecule has 1 unspecified atom stereocenters. The van der Waals surface area contributed by atoms with E-state index < -0.39 is 0 Å². The number of nitrogens with zero attached hydrogens (tertiary/aromatic N) is 2. The maximum absolute atomic E-state index is 9.30. The van der Waals surface area contributed by atoms with Crippen molar-refractivity contribution >= 4 is 0 Å². The monoisotopic (exact) mass is 267 g/mol. The molecule has 104 valence electrons. The summed E-state index contributed by atoms with van der Waals surface area (Å²) in [5, 5.41) is 9.30. The Labute approximate surface area is 120 Å². The number of nitrogens with one attached hydrogen (secondary N) is 1. The number of aromatic nitrogens is 2. The summed E-state index contributed by atoms with van der Waals surface area (Å²) in [5.74, 6) is 0.834. The first-order valence-corrected chi connectivity index (χ1v) is 6.97. The second kappa shape index (κ2) is 5.50. The van der Waals surface area contributed by atoms with Gasteiger partial charge in [0.25, 0.3) is 0 Å². The van der Waals surface area contributed by atoms with E-state index in [2.05, 4.69) is 48.1 Å². The lowest BCUT2D eigenvalue weighted by Gasteiger charge is -2.09. The summed E-state index contributed by atoms with van der Waals surface area (Å²) in [6.45, 7) is 10.3. The molecule has 1 heterocycles. The zero-order chi connectivity index (χ0) is 14.9. The van der Waals surface area contributed by atoms with Crippen molar-refractivity contribution < 1.29 is 0 Å². The SMILES string of the molecule is Cc1ccc(-c2nc(C(C#N)C(C)C)[nH]c2C)c(C)c1. The lowest BCUT2D eigenvalue weighted by Crippen LogP contribution is -2.06. The van der Waals surface area contributed by atoms with E-state index in [0.29, 0.717) is 0 Å². The third-order valence-electron chi connectivity index (χ3n) is 3.64. The number of nitriles is 1. The number of hydrogen-bond donors (Lipinski definition) is 1. The molecule has 2 aromatic rings. The van der Waals surface area contributed by atoms with E-state index in [-0.39, 0.29) is 11.8 Å². The minimum Gasteiger partial charge on any atom is -0.344 e. The molecule has 2 rings (SSSR count). The Morgan fingerprint density at radius 3 is 2.45 bits per heavy atom. The number of aromatic amines is 1. The first-order valence-electron chi connectivity index (χ1n) is 6.97. The molecule has 0 spiro atoms. The molecular weight excluding hydrogens is 246 g/mol. The molecule has 3 nitrogen and oxygen atoms in total. The van der Waals surface area contributed by atoms with Crippen LogP contribution in [0.2, 0.25) is 0 Å². The second-order valence-electron chi connectivity index (χ2n) is 5.76. The Balaban J connectivity index is 2.49. The molecule has 0 aliphatic carbocycles. The highest BCUT2D eigenvalue weighted by molar-refractivity contribution is 5.66. The smallest absolute Gasteiger partial charge is 0.124 e. The summed E-state index contributed by atoms with van der Waals surface area (Å²) in [7, 11) is 0. The number of hydrogen-bond acceptors (Lipinski definition) is 2. The van der Waals surface area contributed by atoms with Crippen LogP contribution in [0.25, 0.3) is 11.3 Å². The molecule has 0 aliphatic heterocycles. The average molecular weight is 267 g/mol. The highest BCUT2D eigenvalue weighted by atomic mass is 14.9. The highest BCUT2D eigenvalue weighted by Gasteiger charge is 2.21. The van der Waals surface area contributed by atoms with Crippen molar-refractivity contribution in [2.45, 2.75) is 40.5 Å². The molecule has 20 heavy (non-hydrogen) atoms. The summed E-state index contributed by atoms with van der Waals surface area (Å²) in [6, 6.07) is 8.70. The van der Waals surface area contributed by atoms with Crippen molar-refractivity contribution in [3.63, 3.8) is 0 Å². The fraction of sp³-hybridized carbons (Fsp3) is 0.412. The van der Waals surface area contributed by atoms with E-state index in [1.165, 1.54) is 11.1 Å². The van der Waals surface area contributed by atoms with Crippen molar-refractivity contribution in [3.05, 3.63) is 40.8 Å². The Morgan fingerprint density at radius 2 is 1.90 bits per heavy atom. The highest BCUT2D eigenvalue weighted by Crippen LogP contribution is 2.29. The van der Waals surface area contributed by atoms with E-state index in [1.54, 1.807) is 0 Å². The zero-order valence-electron chi connectivity index (χ0n) is 12.8. The number of imidazole rings is 1. The minimum atomic E-state index is -0.187. The molecule has 0 aliphatic rings. The van der Waals surface area contributed by atoms with Crippen molar-refractivity contribution in [3.8, 4) is 17.3 Å². The van der Waals surface area contributed by atoms with Crippen LogP contribution in [-0.2, 0) is 0 Å². The first kappa shape index (κ1) is 14.3. The zero-order valence-corrected chi connectivity index (χ0v) is 12.8. The lowest BCUT2D eigenvalue weighted by atomic mass is 9.97. The van der Waals surface area contributed by atoms with Gasteiger partial charge in [0, 0.05) is 11.3 Å². The average Bonchev–Trinajstić information content (AvgIpc) is 2.71. The van der Waals surface area contributed by atoms with Crippen LogP contribution in [0.4, 0.5) is 0 Å². The molecule has 0 bridgehead atoms. The predicted octanol–water partition coefficient (Wildman–Crippen LogP) is 4.27. The van der Waals surface area contributed by atoms with Crippen LogP contribution in [-0.4, -0.2) is 9.97 Å². The molecule has 1 atom stereocenters. The summed E-state index contributed by atoms with van der Waals surface area (Å²) < 4.78 is 0. The molecular formula is C17H21N3. The fourth-order valence-corrected chi connectivity index (χ4v) is 2.50. The van der Waals surface area contributed by atoms with Crippen LogP contribution in [0.15, 0.2) is 18.2 Å². The van der Waals surface area contributed by atoms with Crippen LogP contribution in [0.5, 0.6) is 0 Å². The Morgan fingerprint density at radius 1 is 1.20 bits per heavy atom. The Kier molecular flexibility index (Phi) is 3.94. The molecule has 0 amide bonds. The molecule has 1 aromatic heterocycles. The Hall–Kier alpha value is -2.08. The number of rotatable bonds is 3. The molecule has 0 radical (unpaired) electrons. The number of benzene rings is 1. The van der Waals surface area contributed by atoms with E-state index in [9.17, 15) is 5.26 Å². The van der Waals surface area contributed by atoms with Crippen molar-refractivity contribution in [2.75, 3.05) is 0 Å². The van der Waals surface area contributed by atoms with Crippen LogP contribution in [0.3, 0.4) is 0 Å². The van der Waals surface area contributed by atoms with Gasteiger partial charge < -0.3 is 4.98 Å². The van der Waals surface area contributed by atoms with Crippen LogP contribution in [0.1, 0.15) is 42.4 Å². The van der Waals surface area contributed by atoms with Gasteiger partial charge in [-0.05, 0) is 32.3 Å². The first-order chi connectivity index (χ1) is 9.43. The van der Waals surface area contributed by atoms with Crippen LogP contribution in [0, 0.1) is 38.0 Å². The van der Waals surface area contributed by atoms with Gasteiger partial charge in [0.1, 0.15) is 11.7 Å². The molecule has 1 aromatic carbocycles. The van der Waals surface area contributed by atoms with Gasteiger partial charge in [0.15, 0.2) is 0 Å². The van der Waals surface area contributed by atoms with Gasteiger partial charge in [-0.25, -0.2) is 4.98 Å². The van der Waals surface area contributed by atoms with E-state index in [4.69, 9.17) is 0 Å². The standard InChI is InChI=1S/C17H21N3/c1-10(2)15(9-18)17-19-13(5)16(20-17)14-7-6-11(3)8-12(14)4/h6-8,10,15H,1-5H3,(H,19,20). The van der Waals surface area contributed by atoms with Gasteiger partial charge in [-0.15, -0.1) is 0 Å². The summed E-state index contributed by atoms with van der Waals surface area (Å²) in [5.41, 5.74) is 5.57. The van der Waals surface area contributed by atoms with Crippen LogP contribution >= 0.6 is 0 Å². The topological polar surface area (TPSA) is 52.5 Å². The quantitative estimate of drug-likeness (QED) is 0.903. The van der Waals surface area contributed by atoms with E-state index >= 15 is 0 Å². The largest absolute Gasteiger partial charge is 0.344 e. The number of aryl methyl sites for hydroxylation is 3. The van der Waals surface area contributed by atoms with Gasteiger partial charge in [0.2, 0.25) is 0 Å². The van der Waals surface area contributed by atoms with E-state index in [1.807, 2.05) is 20.8 Å². The maximum atomic E-state index is 9.30. The number of H-pyrrole nitrogens is 1. The van der Waals surface area contributed by atoms with Gasteiger partial charge in [-0.1, -0.05) is 37.6 Å². The normalized spacial score (nSPS) is 12.4. The van der Waals surface area contributed by atoms with Crippen molar-refractivity contribution in [2.24, 2.45) is 5.92 Å². The summed E-state index contributed by atoms with van der Waals surface area (Å²) >= 11 is 0. The van der Waals surface area contributed by atoms with Gasteiger partial charge in [-0.2, -0.15) is 5.26 Å². The van der Waals surface area contributed by atoms with Gasteiger partial charge >= 0.3 is 0 Å². The Bertz CT molecular complexity index is 659. The molecule has 0 fully saturated rings. The van der Waals surface area contributed by atoms with Crippen molar-refractivity contribution in [1.82, 2.24) is 9.97 Å².